The fourth-order valence-corrected chi connectivity index (χ4v) is 1.80. The molecule has 0 aromatic carbocycles. The number of hydrogen-bond acceptors (Lipinski definition) is 4. The Bertz CT molecular complexity index is 322. The van der Waals surface area contributed by atoms with Crippen molar-refractivity contribution in [2.45, 2.75) is 26.4 Å². The molecule has 0 radical (unpaired) electrons. The summed E-state index contributed by atoms with van der Waals surface area (Å²) in [5, 5.41) is 3.30. The normalized spacial score (nSPS) is 11.4. The molecule has 1 N–H and O–H groups in total. The second-order valence-corrected chi connectivity index (χ2v) is 5.37. The molecule has 0 aliphatic rings. The third kappa shape index (κ3) is 9.72. The van der Waals surface area contributed by atoms with Crippen LogP contribution >= 0.6 is 0 Å². The molecule has 0 atom stereocenters. The molecule has 0 bridgehead atoms. The van der Waals surface area contributed by atoms with Crippen molar-refractivity contribution in [1.82, 2.24) is 4.72 Å². The molecule has 0 fully saturated rings. The smallest absolute Gasteiger partial charge is 0.213 e. The highest BCUT2D eigenvalue weighted by atomic mass is 32.2. The van der Waals surface area contributed by atoms with Gasteiger partial charge in [0.1, 0.15) is 0 Å². The van der Waals surface area contributed by atoms with E-state index in [9.17, 15) is 8.42 Å². The third-order valence-corrected chi connectivity index (χ3v) is 2.97. The van der Waals surface area contributed by atoms with Gasteiger partial charge < -0.3 is 4.74 Å². The second kappa shape index (κ2) is 8.35. The Morgan fingerprint density at radius 2 is 2.19 bits per heavy atom. The maximum Gasteiger partial charge on any atom is 0.213 e. The van der Waals surface area contributed by atoms with Crippen LogP contribution in [0.3, 0.4) is 0 Å². The number of hydrogen-bond donors (Lipinski definition) is 1. The van der Waals surface area contributed by atoms with Gasteiger partial charge in [-0.25, -0.2) is 13.1 Å². The molecular weight excluding hydrogens is 232 g/mol. The molecule has 0 spiro atoms. The Hall–Kier alpha value is -0.820. The van der Waals surface area contributed by atoms with Crippen LogP contribution < -0.4 is 4.72 Å². The summed E-state index contributed by atoms with van der Waals surface area (Å²) in [6, 6.07) is 0. The summed E-state index contributed by atoms with van der Waals surface area (Å²) in [6.45, 7) is 4.45. The van der Waals surface area contributed by atoms with Crippen molar-refractivity contribution in [3.05, 3.63) is 10.4 Å². The van der Waals surface area contributed by atoms with E-state index >= 15 is 0 Å². The fourth-order valence-electron chi connectivity index (χ4n) is 0.888. The van der Waals surface area contributed by atoms with Crippen LogP contribution in [0.2, 0.25) is 0 Å². The molecule has 0 aliphatic heterocycles. The topological polar surface area (TPSA) is 104 Å². The predicted octanol–water partition coefficient (Wildman–Crippen LogP) is 1.03. The quantitative estimate of drug-likeness (QED) is 0.286. The van der Waals surface area contributed by atoms with Gasteiger partial charge in [-0.3, -0.25) is 0 Å². The summed E-state index contributed by atoms with van der Waals surface area (Å²) in [7, 11) is -3.27. The fraction of sp³-hybridized carbons (Fsp3) is 1.00. The van der Waals surface area contributed by atoms with Crippen molar-refractivity contribution in [2.24, 2.45) is 5.11 Å². The molecule has 8 heteroatoms. The lowest BCUT2D eigenvalue weighted by atomic mass is 10.4. The lowest BCUT2D eigenvalue weighted by molar-refractivity contribution is 0.0911. The van der Waals surface area contributed by atoms with E-state index in [0.29, 0.717) is 13.0 Å². The first-order chi connectivity index (χ1) is 7.48. The van der Waals surface area contributed by atoms with Gasteiger partial charge in [0.2, 0.25) is 10.0 Å². The van der Waals surface area contributed by atoms with E-state index in [2.05, 4.69) is 14.7 Å². The van der Waals surface area contributed by atoms with E-state index in [1.807, 2.05) is 13.8 Å². The van der Waals surface area contributed by atoms with E-state index in [0.717, 1.165) is 0 Å². The lowest BCUT2D eigenvalue weighted by Gasteiger charge is -2.08. The Morgan fingerprint density at radius 3 is 2.75 bits per heavy atom. The number of nitrogens with zero attached hydrogens (tertiary/aromatic N) is 3. The maximum atomic E-state index is 11.4. The maximum absolute atomic E-state index is 11.4. The van der Waals surface area contributed by atoms with Crippen LogP contribution in [0.15, 0.2) is 5.11 Å². The van der Waals surface area contributed by atoms with Crippen LogP contribution in [-0.2, 0) is 14.8 Å². The first kappa shape index (κ1) is 15.2. The zero-order chi connectivity index (χ0) is 12.4. The molecule has 0 rings (SSSR count). The minimum absolute atomic E-state index is 0.0279. The predicted molar refractivity (Wildman–Crippen MR) is 61.5 cm³/mol. The van der Waals surface area contributed by atoms with E-state index in [1.54, 1.807) is 0 Å². The first-order valence-corrected chi connectivity index (χ1v) is 6.73. The summed E-state index contributed by atoms with van der Waals surface area (Å²) in [5.41, 5.74) is 8.00. The molecule has 7 nitrogen and oxygen atoms in total. The summed E-state index contributed by atoms with van der Waals surface area (Å²) in [4.78, 5) is 2.57. The second-order valence-electron chi connectivity index (χ2n) is 3.44. The van der Waals surface area contributed by atoms with Gasteiger partial charge >= 0.3 is 0 Å². The van der Waals surface area contributed by atoms with E-state index < -0.39 is 10.0 Å². The van der Waals surface area contributed by atoms with Gasteiger partial charge in [-0.05, 0) is 25.8 Å². The van der Waals surface area contributed by atoms with Gasteiger partial charge in [0.05, 0.1) is 18.5 Å². The Labute approximate surface area is 95.9 Å². The van der Waals surface area contributed by atoms with Crippen molar-refractivity contribution in [2.75, 3.05) is 25.4 Å². The third-order valence-electron chi connectivity index (χ3n) is 1.62. The molecule has 0 aromatic heterocycles. The minimum atomic E-state index is -3.27. The molecule has 0 aliphatic carbocycles. The standard InChI is InChI=1S/C8H18N4O3S/c1-8(2)15-6-7-16(13,14)11-5-3-4-10-12-9/h8,11H,3-7H2,1-2H3. The molecule has 16 heavy (non-hydrogen) atoms. The zero-order valence-corrected chi connectivity index (χ0v) is 10.4. The molecule has 0 aromatic rings. The molecular formula is C8H18N4O3S. The van der Waals surface area contributed by atoms with E-state index in [4.69, 9.17) is 10.3 Å². The summed E-state index contributed by atoms with van der Waals surface area (Å²) in [5.74, 6) is -0.0489. The minimum Gasteiger partial charge on any atom is -0.378 e. The van der Waals surface area contributed by atoms with Crippen molar-refractivity contribution in [3.63, 3.8) is 0 Å². The van der Waals surface area contributed by atoms with Crippen molar-refractivity contribution in [1.29, 1.82) is 0 Å². The molecule has 94 valence electrons. The van der Waals surface area contributed by atoms with Crippen LogP contribution in [0.1, 0.15) is 20.3 Å². The summed E-state index contributed by atoms with van der Waals surface area (Å²) in [6.07, 6.45) is 0.522. The van der Waals surface area contributed by atoms with Crippen LogP contribution in [0.25, 0.3) is 10.4 Å². The average molecular weight is 250 g/mol. The van der Waals surface area contributed by atoms with Crippen molar-refractivity contribution < 1.29 is 13.2 Å². The largest absolute Gasteiger partial charge is 0.378 e. The Kier molecular flexibility index (Phi) is 7.92. The number of sulfonamides is 1. The number of rotatable bonds is 9. The van der Waals surface area contributed by atoms with Gasteiger partial charge in [-0.15, -0.1) is 0 Å². The highest BCUT2D eigenvalue weighted by molar-refractivity contribution is 7.89. The Balaban J connectivity index is 3.66. The van der Waals surface area contributed by atoms with Gasteiger partial charge in [0, 0.05) is 18.0 Å². The van der Waals surface area contributed by atoms with Crippen LogP contribution in [0.5, 0.6) is 0 Å². The highest BCUT2D eigenvalue weighted by Gasteiger charge is 2.09. The molecule has 0 saturated carbocycles. The highest BCUT2D eigenvalue weighted by Crippen LogP contribution is 1.91. The van der Waals surface area contributed by atoms with E-state index in [1.165, 1.54) is 0 Å². The molecule has 0 amide bonds. The average Bonchev–Trinajstić information content (AvgIpc) is 2.16. The monoisotopic (exact) mass is 250 g/mol. The van der Waals surface area contributed by atoms with Crippen LogP contribution in [0.4, 0.5) is 0 Å². The number of nitrogens with one attached hydrogen (secondary N) is 1. The van der Waals surface area contributed by atoms with Crippen LogP contribution in [0, 0.1) is 0 Å². The molecule has 0 heterocycles. The molecule has 0 saturated heterocycles. The van der Waals surface area contributed by atoms with Gasteiger partial charge in [-0.2, -0.15) is 0 Å². The first-order valence-electron chi connectivity index (χ1n) is 5.07. The van der Waals surface area contributed by atoms with E-state index in [-0.39, 0.29) is 25.0 Å². The SMILES string of the molecule is CC(C)OCCS(=O)(=O)NCCCN=[N+]=[N-]. The van der Waals surface area contributed by atoms with Crippen LogP contribution in [-0.4, -0.2) is 40.0 Å². The van der Waals surface area contributed by atoms with Crippen molar-refractivity contribution >= 4 is 10.0 Å². The number of ether oxygens (including phenoxy) is 1. The Morgan fingerprint density at radius 1 is 1.50 bits per heavy atom. The molecule has 0 unspecified atom stereocenters. The van der Waals surface area contributed by atoms with Gasteiger partial charge in [0.25, 0.3) is 0 Å². The number of azide groups is 1. The van der Waals surface area contributed by atoms with Crippen molar-refractivity contribution in [3.8, 4) is 0 Å². The zero-order valence-electron chi connectivity index (χ0n) is 9.59. The summed E-state index contributed by atoms with van der Waals surface area (Å²) < 4.78 is 30.2. The van der Waals surface area contributed by atoms with Gasteiger partial charge in [-0.1, -0.05) is 5.11 Å². The lowest BCUT2D eigenvalue weighted by Crippen LogP contribution is -2.30. The summed E-state index contributed by atoms with van der Waals surface area (Å²) >= 11 is 0. The van der Waals surface area contributed by atoms with Gasteiger partial charge in [0.15, 0.2) is 0 Å².